The molecule has 1 aromatic rings. The van der Waals surface area contributed by atoms with Gasteiger partial charge in [0.25, 0.3) is 0 Å². The van der Waals surface area contributed by atoms with Crippen molar-refractivity contribution in [3.05, 3.63) is 18.2 Å². The largest absolute Gasteiger partial charge is 0.370 e. The molecule has 6 nitrogen and oxygen atoms in total. The highest BCUT2D eigenvalue weighted by Crippen LogP contribution is 2.32. The monoisotopic (exact) mass is 297 g/mol. The maximum absolute atomic E-state index is 12.1. The van der Waals surface area contributed by atoms with E-state index in [1.54, 1.807) is 33.8 Å². The van der Waals surface area contributed by atoms with Gasteiger partial charge in [0, 0.05) is 6.04 Å². The molecule has 3 N–H and O–H groups in total. The minimum Gasteiger partial charge on any atom is -0.370 e. The minimum absolute atomic E-state index is 0.131. The SMILES string of the molecule is CC(C)NS(=O)(=O)c1ccc2c(c1)NC(=O)C(C)(C)N2. The molecular weight excluding hydrogens is 278 g/mol. The number of rotatable bonds is 3. The number of anilines is 2. The van der Waals surface area contributed by atoms with Crippen LogP contribution >= 0.6 is 0 Å². The van der Waals surface area contributed by atoms with E-state index in [1.807, 2.05) is 0 Å². The maximum Gasteiger partial charge on any atom is 0.249 e. The van der Waals surface area contributed by atoms with E-state index in [-0.39, 0.29) is 16.8 Å². The van der Waals surface area contributed by atoms with E-state index >= 15 is 0 Å². The summed E-state index contributed by atoms with van der Waals surface area (Å²) in [5.74, 6) is -0.198. The van der Waals surface area contributed by atoms with Crippen molar-refractivity contribution in [2.75, 3.05) is 10.6 Å². The number of sulfonamides is 1. The molecule has 0 aromatic heterocycles. The van der Waals surface area contributed by atoms with Gasteiger partial charge in [-0.05, 0) is 45.9 Å². The zero-order valence-electron chi connectivity index (χ0n) is 11.9. The lowest BCUT2D eigenvalue weighted by Gasteiger charge is -2.32. The molecule has 0 fully saturated rings. The number of fused-ring (bicyclic) bond motifs is 1. The molecule has 0 saturated carbocycles. The van der Waals surface area contributed by atoms with E-state index in [2.05, 4.69) is 15.4 Å². The average molecular weight is 297 g/mol. The topological polar surface area (TPSA) is 87.3 Å². The Hall–Kier alpha value is -1.60. The second-order valence-corrected chi connectivity index (χ2v) is 7.40. The van der Waals surface area contributed by atoms with Gasteiger partial charge in [-0.15, -0.1) is 0 Å². The molecule has 20 heavy (non-hydrogen) atoms. The summed E-state index contributed by atoms with van der Waals surface area (Å²) < 4.78 is 26.7. The fourth-order valence-corrected chi connectivity index (χ4v) is 3.23. The molecule has 1 amide bonds. The molecule has 7 heteroatoms. The van der Waals surface area contributed by atoms with Gasteiger partial charge in [-0.1, -0.05) is 0 Å². The molecule has 0 bridgehead atoms. The van der Waals surface area contributed by atoms with Gasteiger partial charge in [0.1, 0.15) is 5.54 Å². The molecule has 0 unspecified atom stereocenters. The van der Waals surface area contributed by atoms with Gasteiger partial charge >= 0.3 is 0 Å². The summed E-state index contributed by atoms with van der Waals surface area (Å²) in [6.07, 6.45) is 0. The molecule has 1 aliphatic rings. The van der Waals surface area contributed by atoms with E-state index in [0.717, 1.165) is 0 Å². The van der Waals surface area contributed by atoms with Crippen molar-refractivity contribution >= 4 is 27.3 Å². The molecule has 1 aliphatic heterocycles. The molecule has 0 aliphatic carbocycles. The minimum atomic E-state index is -3.57. The van der Waals surface area contributed by atoms with Gasteiger partial charge in [-0.3, -0.25) is 4.79 Å². The molecular formula is C13H19N3O3S. The number of carbonyl (C=O) groups is 1. The molecule has 2 rings (SSSR count). The van der Waals surface area contributed by atoms with Crippen molar-refractivity contribution in [3.63, 3.8) is 0 Å². The second-order valence-electron chi connectivity index (χ2n) is 5.69. The fraction of sp³-hybridized carbons (Fsp3) is 0.462. The molecule has 0 saturated heterocycles. The first-order valence-corrected chi connectivity index (χ1v) is 7.86. The summed E-state index contributed by atoms with van der Waals surface area (Å²) in [5, 5.41) is 5.80. The van der Waals surface area contributed by atoms with Crippen molar-refractivity contribution in [1.29, 1.82) is 0 Å². The first-order chi connectivity index (χ1) is 9.12. The summed E-state index contributed by atoms with van der Waals surface area (Å²) in [7, 11) is -3.57. The van der Waals surface area contributed by atoms with Crippen LogP contribution in [0.25, 0.3) is 0 Å². The van der Waals surface area contributed by atoms with Gasteiger partial charge < -0.3 is 10.6 Å². The molecule has 110 valence electrons. The smallest absolute Gasteiger partial charge is 0.249 e. The molecule has 1 heterocycles. The summed E-state index contributed by atoms with van der Waals surface area (Å²) in [6.45, 7) is 7.02. The highest BCUT2D eigenvalue weighted by atomic mass is 32.2. The third-order valence-corrected chi connectivity index (χ3v) is 4.61. The van der Waals surface area contributed by atoms with Crippen LogP contribution in [0.4, 0.5) is 11.4 Å². The van der Waals surface area contributed by atoms with Gasteiger partial charge in [0.15, 0.2) is 0 Å². The van der Waals surface area contributed by atoms with Crippen LogP contribution in [-0.4, -0.2) is 25.9 Å². The van der Waals surface area contributed by atoms with Crippen LogP contribution < -0.4 is 15.4 Å². The third-order valence-electron chi connectivity index (χ3n) is 2.96. The van der Waals surface area contributed by atoms with Crippen LogP contribution in [0.1, 0.15) is 27.7 Å². The Kier molecular flexibility index (Phi) is 3.51. The van der Waals surface area contributed by atoms with E-state index in [0.29, 0.717) is 11.4 Å². The zero-order valence-corrected chi connectivity index (χ0v) is 12.8. The Labute approximate surface area is 119 Å². The van der Waals surface area contributed by atoms with E-state index in [1.165, 1.54) is 12.1 Å². The van der Waals surface area contributed by atoms with Gasteiger partial charge in [0.2, 0.25) is 15.9 Å². The number of amides is 1. The van der Waals surface area contributed by atoms with E-state index < -0.39 is 15.6 Å². The Bertz CT molecular complexity index is 651. The van der Waals surface area contributed by atoms with Crippen molar-refractivity contribution in [2.45, 2.75) is 44.2 Å². The molecule has 0 spiro atoms. The van der Waals surface area contributed by atoms with Gasteiger partial charge in [-0.25, -0.2) is 13.1 Å². The van der Waals surface area contributed by atoms with Crippen molar-refractivity contribution in [1.82, 2.24) is 4.72 Å². The number of benzene rings is 1. The van der Waals surface area contributed by atoms with E-state index in [9.17, 15) is 13.2 Å². The standard InChI is InChI=1S/C13H19N3O3S/c1-8(2)16-20(18,19)9-5-6-10-11(7-9)14-12(17)13(3,4)15-10/h5-8,15-16H,1-4H3,(H,14,17). The summed E-state index contributed by atoms with van der Waals surface area (Å²) in [5.41, 5.74) is 0.461. The average Bonchev–Trinajstić information content (AvgIpc) is 2.27. The lowest BCUT2D eigenvalue weighted by Crippen LogP contribution is -2.47. The first kappa shape index (κ1) is 14.8. The Balaban J connectivity index is 2.40. The highest BCUT2D eigenvalue weighted by Gasteiger charge is 2.33. The molecule has 0 radical (unpaired) electrons. The lowest BCUT2D eigenvalue weighted by molar-refractivity contribution is -0.119. The quantitative estimate of drug-likeness (QED) is 0.789. The van der Waals surface area contributed by atoms with Crippen LogP contribution in [0.15, 0.2) is 23.1 Å². The van der Waals surface area contributed by atoms with Crippen LogP contribution in [0.2, 0.25) is 0 Å². The van der Waals surface area contributed by atoms with Crippen LogP contribution in [0.3, 0.4) is 0 Å². The number of carbonyl (C=O) groups excluding carboxylic acids is 1. The van der Waals surface area contributed by atoms with Crippen LogP contribution in [0.5, 0.6) is 0 Å². The Morgan fingerprint density at radius 1 is 1.20 bits per heavy atom. The first-order valence-electron chi connectivity index (χ1n) is 6.38. The summed E-state index contributed by atoms with van der Waals surface area (Å²) >= 11 is 0. The predicted octanol–water partition coefficient (Wildman–Crippen LogP) is 1.52. The van der Waals surface area contributed by atoms with E-state index in [4.69, 9.17) is 0 Å². The van der Waals surface area contributed by atoms with Gasteiger partial charge in [0.05, 0.1) is 16.3 Å². The molecule has 1 aromatic carbocycles. The number of nitrogens with one attached hydrogen (secondary N) is 3. The van der Waals surface area contributed by atoms with Crippen molar-refractivity contribution < 1.29 is 13.2 Å². The van der Waals surface area contributed by atoms with Crippen LogP contribution in [0, 0.1) is 0 Å². The Morgan fingerprint density at radius 3 is 2.45 bits per heavy atom. The predicted molar refractivity (Wildman–Crippen MR) is 78.2 cm³/mol. The molecule has 0 atom stereocenters. The third kappa shape index (κ3) is 2.78. The second kappa shape index (κ2) is 4.75. The van der Waals surface area contributed by atoms with Crippen molar-refractivity contribution in [3.8, 4) is 0 Å². The lowest BCUT2D eigenvalue weighted by atomic mass is 10.0. The number of hydrogen-bond acceptors (Lipinski definition) is 4. The zero-order chi connectivity index (χ0) is 15.1. The number of hydrogen-bond donors (Lipinski definition) is 3. The fourth-order valence-electron chi connectivity index (χ4n) is 1.95. The Morgan fingerprint density at radius 2 is 1.85 bits per heavy atom. The van der Waals surface area contributed by atoms with Gasteiger partial charge in [-0.2, -0.15) is 0 Å². The summed E-state index contributed by atoms with van der Waals surface area (Å²) in [6, 6.07) is 4.44. The van der Waals surface area contributed by atoms with Crippen LogP contribution in [-0.2, 0) is 14.8 Å². The normalized spacial score (nSPS) is 17.4. The highest BCUT2D eigenvalue weighted by molar-refractivity contribution is 7.89. The summed E-state index contributed by atoms with van der Waals surface area (Å²) in [4.78, 5) is 12.0. The van der Waals surface area contributed by atoms with Crippen molar-refractivity contribution in [2.24, 2.45) is 0 Å². The maximum atomic E-state index is 12.1.